The van der Waals surface area contributed by atoms with E-state index in [9.17, 15) is 0 Å². The molecule has 0 amide bonds. The number of piperidine rings is 1. The smallest absolute Gasteiger partial charge is 0.132 e. The first-order chi connectivity index (χ1) is 11.7. The number of rotatable bonds is 6. The zero-order valence-electron chi connectivity index (χ0n) is 15.0. The molecule has 2 aromatic heterocycles. The summed E-state index contributed by atoms with van der Waals surface area (Å²) in [5, 5.41) is 4.28. The number of hydrogen-bond acceptors (Lipinski definition) is 5. The molecule has 24 heavy (non-hydrogen) atoms. The molecule has 6 nitrogen and oxygen atoms in total. The quantitative estimate of drug-likeness (QED) is 0.813. The molecular weight excluding hydrogens is 300 g/mol. The molecule has 1 aliphatic rings. The maximum atomic E-state index is 4.64. The van der Waals surface area contributed by atoms with Crippen LogP contribution in [0.25, 0.3) is 0 Å². The number of anilines is 1. The number of aryl methyl sites for hydroxylation is 2. The maximum Gasteiger partial charge on any atom is 0.132 e. The van der Waals surface area contributed by atoms with Crippen molar-refractivity contribution in [2.45, 2.75) is 45.7 Å². The molecule has 1 aliphatic heterocycles. The molecule has 2 aromatic rings. The van der Waals surface area contributed by atoms with Gasteiger partial charge in [0.2, 0.25) is 0 Å². The normalized spacial score (nSPS) is 16.5. The third-order valence-electron chi connectivity index (χ3n) is 4.91. The minimum atomic E-state index is 0.560. The summed E-state index contributed by atoms with van der Waals surface area (Å²) in [5.41, 5.74) is 1.13. The number of hydrogen-bond donors (Lipinski definition) is 0. The van der Waals surface area contributed by atoms with Gasteiger partial charge in [-0.05, 0) is 32.3 Å². The molecule has 3 rings (SSSR count). The topological polar surface area (TPSA) is 50.1 Å². The van der Waals surface area contributed by atoms with Crippen LogP contribution >= 0.6 is 0 Å². The number of nitrogens with zero attached hydrogens (tertiary/aromatic N) is 6. The predicted molar refractivity (Wildman–Crippen MR) is 96.2 cm³/mol. The molecule has 1 fully saturated rings. The highest BCUT2D eigenvalue weighted by molar-refractivity contribution is 5.40. The molecule has 0 radical (unpaired) electrons. The van der Waals surface area contributed by atoms with Crippen LogP contribution in [0.4, 0.5) is 5.82 Å². The van der Waals surface area contributed by atoms with Crippen molar-refractivity contribution in [2.24, 2.45) is 0 Å². The average Bonchev–Trinajstić information content (AvgIpc) is 3.12. The number of aromatic nitrogens is 4. The van der Waals surface area contributed by atoms with Crippen LogP contribution < -0.4 is 4.90 Å². The summed E-state index contributed by atoms with van der Waals surface area (Å²) >= 11 is 0. The van der Waals surface area contributed by atoms with Gasteiger partial charge in [0.25, 0.3) is 0 Å². The van der Waals surface area contributed by atoms with Crippen molar-refractivity contribution in [1.82, 2.24) is 24.6 Å². The molecule has 0 bridgehead atoms. The summed E-state index contributed by atoms with van der Waals surface area (Å²) < 4.78 is 2.01. The van der Waals surface area contributed by atoms with Crippen LogP contribution in [0, 0.1) is 6.92 Å². The van der Waals surface area contributed by atoms with E-state index in [1.807, 2.05) is 30.1 Å². The minimum absolute atomic E-state index is 0.560. The standard InChI is InChI=1S/C18H28N6/c1-4-16-14-18(21-15(2)20-16)22(3)17-6-10-23(11-7-17)12-13-24-9-5-8-19-24/h5,8-9,14,17H,4,6-7,10-13H2,1-3H3. The second-order valence-electron chi connectivity index (χ2n) is 6.57. The Morgan fingerprint density at radius 1 is 1.21 bits per heavy atom. The molecule has 130 valence electrons. The molecule has 3 heterocycles. The first-order valence-corrected chi connectivity index (χ1v) is 8.93. The van der Waals surface area contributed by atoms with Gasteiger partial charge in [-0.2, -0.15) is 5.10 Å². The van der Waals surface area contributed by atoms with Gasteiger partial charge >= 0.3 is 0 Å². The van der Waals surface area contributed by atoms with Crippen LogP contribution in [0.15, 0.2) is 24.5 Å². The van der Waals surface area contributed by atoms with Gasteiger partial charge in [0, 0.05) is 56.9 Å². The zero-order chi connectivity index (χ0) is 16.9. The SMILES string of the molecule is CCc1cc(N(C)C2CCN(CCn3cccn3)CC2)nc(C)n1. The predicted octanol–water partition coefficient (Wildman–Crippen LogP) is 2.14. The highest BCUT2D eigenvalue weighted by Gasteiger charge is 2.23. The Hall–Kier alpha value is -1.95. The maximum absolute atomic E-state index is 4.64. The first kappa shape index (κ1) is 16.9. The second-order valence-corrected chi connectivity index (χ2v) is 6.57. The largest absolute Gasteiger partial charge is 0.356 e. The van der Waals surface area contributed by atoms with E-state index < -0.39 is 0 Å². The zero-order valence-corrected chi connectivity index (χ0v) is 15.0. The van der Waals surface area contributed by atoms with Gasteiger partial charge in [-0.25, -0.2) is 9.97 Å². The van der Waals surface area contributed by atoms with Crippen molar-refractivity contribution >= 4 is 5.82 Å². The van der Waals surface area contributed by atoms with Crippen molar-refractivity contribution in [3.8, 4) is 0 Å². The lowest BCUT2D eigenvalue weighted by molar-refractivity contribution is 0.201. The molecule has 0 atom stereocenters. The first-order valence-electron chi connectivity index (χ1n) is 8.93. The Kier molecular flexibility index (Phi) is 5.45. The monoisotopic (exact) mass is 328 g/mol. The molecule has 0 aliphatic carbocycles. The van der Waals surface area contributed by atoms with Gasteiger partial charge in [0.1, 0.15) is 11.6 Å². The summed E-state index contributed by atoms with van der Waals surface area (Å²) in [6.45, 7) is 8.45. The molecular formula is C18H28N6. The van der Waals surface area contributed by atoms with E-state index in [-0.39, 0.29) is 0 Å². The van der Waals surface area contributed by atoms with Crippen LogP contribution in [-0.4, -0.2) is 57.4 Å². The number of likely N-dealkylation sites (tertiary alicyclic amines) is 1. The Labute approximate surface area is 144 Å². The molecule has 1 saturated heterocycles. The van der Waals surface area contributed by atoms with Crippen molar-refractivity contribution in [1.29, 1.82) is 0 Å². The van der Waals surface area contributed by atoms with E-state index in [4.69, 9.17) is 0 Å². The summed E-state index contributed by atoms with van der Waals surface area (Å²) in [6, 6.07) is 4.68. The highest BCUT2D eigenvalue weighted by atomic mass is 15.3. The fourth-order valence-corrected chi connectivity index (χ4v) is 3.37. The van der Waals surface area contributed by atoms with Gasteiger partial charge in [0.05, 0.1) is 6.54 Å². The summed E-state index contributed by atoms with van der Waals surface area (Å²) in [5.74, 6) is 1.93. The lowest BCUT2D eigenvalue weighted by atomic mass is 10.0. The van der Waals surface area contributed by atoms with Crippen LogP contribution in [0.5, 0.6) is 0 Å². The molecule has 0 spiro atoms. The van der Waals surface area contributed by atoms with Crippen molar-refractivity contribution in [3.05, 3.63) is 36.0 Å². The molecule has 0 saturated carbocycles. The summed E-state index contributed by atoms with van der Waals surface area (Å²) in [6.07, 6.45) is 7.19. The fraction of sp³-hybridized carbons (Fsp3) is 0.611. The molecule has 0 aromatic carbocycles. The van der Waals surface area contributed by atoms with E-state index >= 15 is 0 Å². The van der Waals surface area contributed by atoms with Gasteiger partial charge in [-0.3, -0.25) is 4.68 Å². The van der Waals surface area contributed by atoms with Crippen molar-refractivity contribution in [2.75, 3.05) is 31.6 Å². The molecule has 0 N–H and O–H groups in total. The Morgan fingerprint density at radius 2 is 2.00 bits per heavy atom. The van der Waals surface area contributed by atoms with Crippen molar-refractivity contribution in [3.63, 3.8) is 0 Å². The second kappa shape index (κ2) is 7.75. The van der Waals surface area contributed by atoms with Gasteiger partial charge in [-0.15, -0.1) is 0 Å². The summed E-state index contributed by atoms with van der Waals surface area (Å²) in [4.78, 5) is 14.0. The third kappa shape index (κ3) is 4.12. The Balaban J connectivity index is 1.53. The van der Waals surface area contributed by atoms with Crippen LogP contribution in [0.3, 0.4) is 0 Å². The Morgan fingerprint density at radius 3 is 2.67 bits per heavy atom. The van der Waals surface area contributed by atoms with Gasteiger partial charge in [0.15, 0.2) is 0 Å². The van der Waals surface area contributed by atoms with Crippen LogP contribution in [0.1, 0.15) is 31.3 Å². The fourth-order valence-electron chi connectivity index (χ4n) is 3.37. The highest BCUT2D eigenvalue weighted by Crippen LogP contribution is 2.21. The lowest BCUT2D eigenvalue weighted by Crippen LogP contribution is -2.44. The van der Waals surface area contributed by atoms with E-state index in [2.05, 4.69) is 44.9 Å². The van der Waals surface area contributed by atoms with Crippen LogP contribution in [-0.2, 0) is 13.0 Å². The van der Waals surface area contributed by atoms with Gasteiger partial charge in [-0.1, -0.05) is 6.92 Å². The van der Waals surface area contributed by atoms with E-state index in [0.717, 1.165) is 49.9 Å². The van der Waals surface area contributed by atoms with Crippen molar-refractivity contribution < 1.29 is 0 Å². The lowest BCUT2D eigenvalue weighted by Gasteiger charge is -2.37. The minimum Gasteiger partial charge on any atom is -0.356 e. The third-order valence-corrected chi connectivity index (χ3v) is 4.91. The molecule has 6 heteroatoms. The summed E-state index contributed by atoms with van der Waals surface area (Å²) in [7, 11) is 2.17. The van der Waals surface area contributed by atoms with Crippen LogP contribution in [0.2, 0.25) is 0 Å². The van der Waals surface area contributed by atoms with E-state index in [1.165, 1.54) is 12.8 Å². The van der Waals surface area contributed by atoms with E-state index in [1.54, 1.807) is 0 Å². The Bertz CT molecular complexity index is 631. The van der Waals surface area contributed by atoms with E-state index in [0.29, 0.717) is 6.04 Å². The average molecular weight is 328 g/mol. The molecule has 0 unspecified atom stereocenters. The van der Waals surface area contributed by atoms with Gasteiger partial charge < -0.3 is 9.80 Å².